The predicted octanol–water partition coefficient (Wildman–Crippen LogP) is 1.92. The Morgan fingerprint density at radius 2 is 2.35 bits per heavy atom. The van der Waals surface area contributed by atoms with Crippen molar-refractivity contribution in [1.29, 1.82) is 0 Å². The summed E-state index contributed by atoms with van der Waals surface area (Å²) >= 11 is 0. The van der Waals surface area contributed by atoms with Crippen molar-refractivity contribution in [1.82, 2.24) is 15.3 Å². The second kappa shape index (κ2) is 7.35. The summed E-state index contributed by atoms with van der Waals surface area (Å²) in [5.41, 5.74) is 0.906. The molecule has 1 fully saturated rings. The van der Waals surface area contributed by atoms with Gasteiger partial charge in [0, 0.05) is 25.0 Å². The standard InChI is InChI=1S/C13H21N3O/c1-2-6-15-12(4-1)5-3-9-17-11-13-10-14-7-8-16-13/h7-8,10,12,15H,1-6,9,11H2/t12-/m1/s1. The van der Waals surface area contributed by atoms with Crippen LogP contribution in [0.5, 0.6) is 0 Å². The summed E-state index contributed by atoms with van der Waals surface area (Å²) in [6, 6.07) is 0.712. The average molecular weight is 235 g/mol. The van der Waals surface area contributed by atoms with Gasteiger partial charge in [0.2, 0.25) is 0 Å². The molecule has 1 aliphatic heterocycles. The maximum atomic E-state index is 5.58. The van der Waals surface area contributed by atoms with Gasteiger partial charge in [-0.3, -0.25) is 9.97 Å². The summed E-state index contributed by atoms with van der Waals surface area (Å²) in [7, 11) is 0. The van der Waals surface area contributed by atoms with Crippen molar-refractivity contribution < 1.29 is 4.74 Å². The Morgan fingerprint density at radius 1 is 1.35 bits per heavy atom. The van der Waals surface area contributed by atoms with E-state index in [9.17, 15) is 0 Å². The Kier molecular flexibility index (Phi) is 5.39. The van der Waals surface area contributed by atoms with E-state index in [4.69, 9.17) is 4.74 Å². The number of aromatic nitrogens is 2. The molecule has 1 aromatic heterocycles. The van der Waals surface area contributed by atoms with E-state index >= 15 is 0 Å². The fourth-order valence-corrected chi connectivity index (χ4v) is 2.18. The Hall–Kier alpha value is -1.00. The molecular formula is C13H21N3O. The lowest BCUT2D eigenvalue weighted by Crippen LogP contribution is -2.33. The third-order valence-corrected chi connectivity index (χ3v) is 3.12. The first kappa shape index (κ1) is 12.5. The molecule has 0 unspecified atom stereocenters. The van der Waals surface area contributed by atoms with Crippen molar-refractivity contribution in [2.45, 2.75) is 44.8 Å². The zero-order valence-electron chi connectivity index (χ0n) is 10.3. The van der Waals surface area contributed by atoms with Crippen LogP contribution in [0.25, 0.3) is 0 Å². The molecule has 1 N–H and O–H groups in total. The van der Waals surface area contributed by atoms with Crippen molar-refractivity contribution >= 4 is 0 Å². The van der Waals surface area contributed by atoms with Crippen LogP contribution < -0.4 is 5.32 Å². The van der Waals surface area contributed by atoms with Crippen LogP contribution in [0.15, 0.2) is 18.6 Å². The van der Waals surface area contributed by atoms with Gasteiger partial charge >= 0.3 is 0 Å². The molecule has 94 valence electrons. The smallest absolute Gasteiger partial charge is 0.0903 e. The minimum absolute atomic E-state index is 0.575. The van der Waals surface area contributed by atoms with Crippen LogP contribution in [0, 0.1) is 0 Å². The molecule has 0 amide bonds. The monoisotopic (exact) mass is 235 g/mol. The summed E-state index contributed by atoms with van der Waals surface area (Å²) in [5, 5.41) is 3.55. The number of ether oxygens (including phenoxy) is 1. The maximum Gasteiger partial charge on any atom is 0.0903 e. The number of nitrogens with zero attached hydrogens (tertiary/aromatic N) is 2. The van der Waals surface area contributed by atoms with Gasteiger partial charge < -0.3 is 10.1 Å². The molecule has 0 aliphatic carbocycles. The van der Waals surface area contributed by atoms with Crippen LogP contribution in [0.3, 0.4) is 0 Å². The summed E-state index contributed by atoms with van der Waals surface area (Å²) in [4.78, 5) is 8.17. The zero-order valence-corrected chi connectivity index (χ0v) is 10.3. The summed E-state index contributed by atoms with van der Waals surface area (Å²) in [5.74, 6) is 0. The molecule has 2 rings (SSSR count). The fraction of sp³-hybridized carbons (Fsp3) is 0.692. The molecule has 0 bridgehead atoms. The molecular weight excluding hydrogens is 214 g/mol. The van der Waals surface area contributed by atoms with E-state index in [1.54, 1.807) is 18.6 Å². The molecule has 1 aliphatic rings. The SMILES string of the molecule is c1cnc(COCCC[C@H]2CCCCN2)cn1. The van der Waals surface area contributed by atoms with Crippen LogP contribution in [-0.4, -0.2) is 29.2 Å². The van der Waals surface area contributed by atoms with Gasteiger partial charge in [-0.1, -0.05) is 6.42 Å². The average Bonchev–Trinajstić information content (AvgIpc) is 2.41. The van der Waals surface area contributed by atoms with Crippen molar-refractivity contribution in [2.24, 2.45) is 0 Å². The van der Waals surface area contributed by atoms with Crippen LogP contribution in [-0.2, 0) is 11.3 Å². The minimum atomic E-state index is 0.575. The number of rotatable bonds is 6. The number of hydrogen-bond acceptors (Lipinski definition) is 4. The van der Waals surface area contributed by atoms with Crippen molar-refractivity contribution in [3.63, 3.8) is 0 Å². The van der Waals surface area contributed by atoms with Crippen molar-refractivity contribution in [2.75, 3.05) is 13.2 Å². The highest BCUT2D eigenvalue weighted by atomic mass is 16.5. The van der Waals surface area contributed by atoms with Crippen LogP contribution in [0.4, 0.5) is 0 Å². The maximum absolute atomic E-state index is 5.58. The highest BCUT2D eigenvalue weighted by Gasteiger charge is 2.11. The molecule has 0 saturated carbocycles. The summed E-state index contributed by atoms with van der Waals surface area (Å²) in [6.07, 6.45) is 11.5. The van der Waals surface area contributed by atoms with Crippen molar-refractivity contribution in [3.05, 3.63) is 24.3 Å². The van der Waals surface area contributed by atoms with E-state index < -0.39 is 0 Å². The van der Waals surface area contributed by atoms with Gasteiger partial charge in [0.25, 0.3) is 0 Å². The largest absolute Gasteiger partial charge is 0.375 e. The minimum Gasteiger partial charge on any atom is -0.375 e. The molecule has 0 radical (unpaired) electrons. The van der Waals surface area contributed by atoms with Crippen molar-refractivity contribution in [3.8, 4) is 0 Å². The Morgan fingerprint density at radius 3 is 3.12 bits per heavy atom. The molecule has 2 heterocycles. The van der Waals surface area contributed by atoms with E-state index in [0.29, 0.717) is 12.6 Å². The number of hydrogen-bond donors (Lipinski definition) is 1. The Bertz CT molecular complexity index is 299. The van der Waals surface area contributed by atoms with Gasteiger partial charge in [-0.15, -0.1) is 0 Å². The first-order valence-corrected chi connectivity index (χ1v) is 6.51. The van der Waals surface area contributed by atoms with E-state index in [1.807, 2.05) is 0 Å². The number of piperidine rings is 1. The Labute approximate surface area is 103 Å². The lowest BCUT2D eigenvalue weighted by atomic mass is 10.0. The van der Waals surface area contributed by atoms with E-state index in [1.165, 1.54) is 32.2 Å². The van der Waals surface area contributed by atoms with Gasteiger partial charge in [0.15, 0.2) is 0 Å². The third kappa shape index (κ3) is 4.79. The Balaban J connectivity index is 1.51. The van der Waals surface area contributed by atoms with Gasteiger partial charge in [0.05, 0.1) is 18.5 Å². The topological polar surface area (TPSA) is 47.0 Å². The molecule has 4 heteroatoms. The summed E-state index contributed by atoms with van der Waals surface area (Å²) in [6.45, 7) is 2.58. The van der Waals surface area contributed by atoms with E-state index in [-0.39, 0.29) is 0 Å². The molecule has 0 spiro atoms. The van der Waals surface area contributed by atoms with E-state index in [2.05, 4.69) is 15.3 Å². The fourth-order valence-electron chi connectivity index (χ4n) is 2.18. The second-order valence-corrected chi connectivity index (χ2v) is 4.54. The van der Waals surface area contributed by atoms with Gasteiger partial charge in [-0.05, 0) is 32.2 Å². The van der Waals surface area contributed by atoms with Crippen LogP contribution in [0.1, 0.15) is 37.8 Å². The molecule has 1 aromatic rings. The molecule has 0 aromatic carbocycles. The van der Waals surface area contributed by atoms with Crippen LogP contribution in [0.2, 0.25) is 0 Å². The molecule has 1 atom stereocenters. The van der Waals surface area contributed by atoms with Gasteiger partial charge in [0.1, 0.15) is 0 Å². The first-order chi connectivity index (χ1) is 8.45. The lowest BCUT2D eigenvalue weighted by molar-refractivity contribution is 0.111. The number of nitrogens with one attached hydrogen (secondary N) is 1. The quantitative estimate of drug-likeness (QED) is 0.765. The highest BCUT2D eigenvalue weighted by molar-refractivity contribution is 4.91. The zero-order chi connectivity index (χ0) is 11.8. The summed E-state index contributed by atoms with van der Waals surface area (Å²) < 4.78 is 5.58. The van der Waals surface area contributed by atoms with Gasteiger partial charge in [-0.2, -0.15) is 0 Å². The lowest BCUT2D eigenvalue weighted by Gasteiger charge is -2.23. The normalized spacial score (nSPS) is 20.4. The molecule has 17 heavy (non-hydrogen) atoms. The van der Waals surface area contributed by atoms with E-state index in [0.717, 1.165) is 18.7 Å². The first-order valence-electron chi connectivity index (χ1n) is 6.51. The predicted molar refractivity (Wildman–Crippen MR) is 66.6 cm³/mol. The molecule has 4 nitrogen and oxygen atoms in total. The highest BCUT2D eigenvalue weighted by Crippen LogP contribution is 2.11. The third-order valence-electron chi connectivity index (χ3n) is 3.12. The second-order valence-electron chi connectivity index (χ2n) is 4.54. The molecule has 1 saturated heterocycles. The van der Waals surface area contributed by atoms with Crippen LogP contribution >= 0.6 is 0 Å². The van der Waals surface area contributed by atoms with Gasteiger partial charge in [-0.25, -0.2) is 0 Å².